The number of esters is 2. The van der Waals surface area contributed by atoms with Gasteiger partial charge in [-0.25, -0.2) is 14.4 Å². The molecular formula is C22H27NO8. The molecule has 0 bridgehead atoms. The van der Waals surface area contributed by atoms with Crippen LogP contribution in [-0.2, 0) is 14.2 Å². The number of benzene rings is 1. The molecule has 1 aromatic rings. The number of Topliss-reactive ketones (excluding diaryl/α,β-unsaturated/α-hetero) is 1. The second-order valence-electron chi connectivity index (χ2n) is 8.73. The third kappa shape index (κ3) is 4.65. The zero-order chi connectivity index (χ0) is 23.0. The zero-order valence-corrected chi connectivity index (χ0v) is 18.4. The number of nitrogens with zero attached hydrogens (tertiary/aromatic N) is 1. The predicted octanol–water partition coefficient (Wildman–Crippen LogP) is 2.99. The molecule has 1 spiro atoms. The maximum Gasteiger partial charge on any atom is 0.410 e. The molecule has 1 aromatic carbocycles. The van der Waals surface area contributed by atoms with Crippen molar-refractivity contribution < 1.29 is 38.1 Å². The fraction of sp³-hybridized carbons (Fsp3) is 0.545. The highest BCUT2D eigenvalue weighted by atomic mass is 16.6. The van der Waals surface area contributed by atoms with Gasteiger partial charge in [0.2, 0.25) is 0 Å². The normalized spacial score (nSPS) is 17.5. The minimum atomic E-state index is -0.789. The van der Waals surface area contributed by atoms with Crippen molar-refractivity contribution in [1.82, 2.24) is 4.90 Å². The van der Waals surface area contributed by atoms with Crippen LogP contribution >= 0.6 is 0 Å². The lowest BCUT2D eigenvalue weighted by atomic mass is 9.82. The zero-order valence-electron chi connectivity index (χ0n) is 18.4. The van der Waals surface area contributed by atoms with E-state index >= 15 is 0 Å². The van der Waals surface area contributed by atoms with Gasteiger partial charge in [0.15, 0.2) is 5.78 Å². The van der Waals surface area contributed by atoms with E-state index in [9.17, 15) is 19.2 Å². The fourth-order valence-corrected chi connectivity index (χ4v) is 3.80. The van der Waals surface area contributed by atoms with E-state index in [0.29, 0.717) is 25.9 Å². The summed E-state index contributed by atoms with van der Waals surface area (Å²) in [5.41, 5.74) is -1.26. The summed E-state index contributed by atoms with van der Waals surface area (Å²) in [6.07, 6.45) is 0.578. The molecule has 9 nitrogen and oxygen atoms in total. The Morgan fingerprint density at radius 1 is 1.00 bits per heavy atom. The van der Waals surface area contributed by atoms with Gasteiger partial charge in [0.05, 0.1) is 37.3 Å². The third-order valence-electron chi connectivity index (χ3n) is 5.37. The molecule has 168 valence electrons. The van der Waals surface area contributed by atoms with Gasteiger partial charge < -0.3 is 23.8 Å². The number of amides is 1. The van der Waals surface area contributed by atoms with E-state index in [-0.39, 0.29) is 34.6 Å². The number of hydrogen-bond acceptors (Lipinski definition) is 8. The molecule has 0 aromatic heterocycles. The van der Waals surface area contributed by atoms with Gasteiger partial charge in [-0.05, 0) is 32.9 Å². The van der Waals surface area contributed by atoms with Gasteiger partial charge in [0, 0.05) is 25.9 Å². The Morgan fingerprint density at radius 2 is 1.55 bits per heavy atom. The summed E-state index contributed by atoms with van der Waals surface area (Å²) in [5, 5.41) is 0. The molecule has 1 amide bonds. The second kappa shape index (κ2) is 8.20. The highest BCUT2D eigenvalue weighted by Gasteiger charge is 2.45. The van der Waals surface area contributed by atoms with Crippen molar-refractivity contribution in [2.75, 3.05) is 27.3 Å². The SMILES string of the molecule is COC(=O)c1cc2c(cc1C(=O)OC)C(=O)CC1(CCN(C(=O)OC(C)(C)C)CC1)O2. The molecule has 2 aliphatic rings. The first kappa shape index (κ1) is 22.6. The Kier molecular flexibility index (Phi) is 5.98. The van der Waals surface area contributed by atoms with E-state index in [1.807, 2.05) is 0 Å². The third-order valence-corrected chi connectivity index (χ3v) is 5.37. The highest BCUT2D eigenvalue weighted by molar-refractivity contribution is 6.08. The number of methoxy groups -OCH3 is 2. The highest BCUT2D eigenvalue weighted by Crippen LogP contribution is 2.41. The molecule has 1 fully saturated rings. The quantitative estimate of drug-likeness (QED) is 0.517. The Hall–Kier alpha value is -3.10. The number of fused-ring (bicyclic) bond motifs is 1. The van der Waals surface area contributed by atoms with Gasteiger partial charge >= 0.3 is 18.0 Å². The van der Waals surface area contributed by atoms with Crippen LogP contribution in [0.3, 0.4) is 0 Å². The van der Waals surface area contributed by atoms with Gasteiger partial charge in [0.25, 0.3) is 0 Å². The molecule has 31 heavy (non-hydrogen) atoms. The maximum absolute atomic E-state index is 12.9. The van der Waals surface area contributed by atoms with Gasteiger partial charge in [-0.1, -0.05) is 0 Å². The number of rotatable bonds is 2. The first-order chi connectivity index (χ1) is 14.5. The molecule has 2 aliphatic heterocycles. The number of carbonyl (C=O) groups is 4. The van der Waals surface area contributed by atoms with Crippen molar-refractivity contribution in [3.63, 3.8) is 0 Å². The van der Waals surface area contributed by atoms with Crippen LogP contribution < -0.4 is 4.74 Å². The summed E-state index contributed by atoms with van der Waals surface area (Å²) in [7, 11) is 2.39. The smallest absolute Gasteiger partial charge is 0.410 e. The minimum Gasteiger partial charge on any atom is -0.486 e. The summed E-state index contributed by atoms with van der Waals surface area (Å²) in [6, 6.07) is 2.67. The molecule has 0 saturated carbocycles. The van der Waals surface area contributed by atoms with Crippen LogP contribution in [0.4, 0.5) is 4.79 Å². The van der Waals surface area contributed by atoms with Gasteiger partial charge in [-0.15, -0.1) is 0 Å². The first-order valence-corrected chi connectivity index (χ1v) is 10.0. The van der Waals surface area contributed by atoms with E-state index in [2.05, 4.69) is 0 Å². The molecule has 0 unspecified atom stereocenters. The van der Waals surface area contributed by atoms with E-state index in [4.69, 9.17) is 18.9 Å². The molecule has 0 radical (unpaired) electrons. The standard InChI is InChI=1S/C22H27NO8/c1-21(2,3)31-20(27)23-8-6-22(7-9-23)12-16(24)15-10-13(18(25)28-4)14(19(26)29-5)11-17(15)30-22/h10-11H,6-9,12H2,1-5H3. The van der Waals surface area contributed by atoms with Crippen molar-refractivity contribution in [3.8, 4) is 5.75 Å². The van der Waals surface area contributed by atoms with Crippen LogP contribution in [0.5, 0.6) is 5.75 Å². The van der Waals surface area contributed by atoms with E-state index in [1.54, 1.807) is 25.7 Å². The van der Waals surface area contributed by atoms with Crippen molar-refractivity contribution >= 4 is 23.8 Å². The lowest BCUT2D eigenvalue weighted by Gasteiger charge is -2.44. The van der Waals surface area contributed by atoms with Crippen molar-refractivity contribution in [3.05, 3.63) is 28.8 Å². The topological polar surface area (TPSA) is 108 Å². The Balaban J connectivity index is 1.85. The Morgan fingerprint density at radius 3 is 2.06 bits per heavy atom. The molecule has 1 saturated heterocycles. The van der Waals surface area contributed by atoms with Crippen LogP contribution in [0.15, 0.2) is 12.1 Å². The fourth-order valence-electron chi connectivity index (χ4n) is 3.80. The summed E-state index contributed by atoms with van der Waals surface area (Å²) in [5.74, 6) is -1.47. The lowest BCUT2D eigenvalue weighted by molar-refractivity contribution is -0.0227. The summed E-state index contributed by atoms with van der Waals surface area (Å²) in [6.45, 7) is 6.16. The number of piperidine rings is 1. The summed E-state index contributed by atoms with van der Waals surface area (Å²) in [4.78, 5) is 51.2. The molecule has 0 atom stereocenters. The molecule has 0 aliphatic carbocycles. The number of ketones is 1. The maximum atomic E-state index is 12.9. The number of carbonyl (C=O) groups excluding carboxylic acids is 4. The van der Waals surface area contributed by atoms with E-state index < -0.39 is 29.2 Å². The average molecular weight is 433 g/mol. The van der Waals surface area contributed by atoms with Crippen molar-refractivity contribution in [2.24, 2.45) is 0 Å². The lowest BCUT2D eigenvalue weighted by Crippen LogP contribution is -2.53. The largest absolute Gasteiger partial charge is 0.486 e. The Bertz CT molecular complexity index is 922. The average Bonchev–Trinajstić information content (AvgIpc) is 2.71. The van der Waals surface area contributed by atoms with Gasteiger partial charge in [-0.2, -0.15) is 0 Å². The first-order valence-electron chi connectivity index (χ1n) is 10.0. The Labute approximate surface area is 180 Å². The molecule has 3 rings (SSSR count). The van der Waals surface area contributed by atoms with Crippen molar-refractivity contribution in [2.45, 2.75) is 51.2 Å². The summed E-state index contributed by atoms with van der Waals surface area (Å²) >= 11 is 0. The number of ether oxygens (including phenoxy) is 4. The monoisotopic (exact) mass is 433 g/mol. The van der Waals surface area contributed by atoms with Crippen molar-refractivity contribution in [1.29, 1.82) is 0 Å². The molecule has 9 heteroatoms. The van der Waals surface area contributed by atoms with Gasteiger partial charge in [-0.3, -0.25) is 4.79 Å². The van der Waals surface area contributed by atoms with Gasteiger partial charge in [0.1, 0.15) is 17.0 Å². The summed E-state index contributed by atoms with van der Waals surface area (Å²) < 4.78 is 21.1. The number of hydrogen-bond donors (Lipinski definition) is 0. The van der Waals surface area contributed by atoms with Crippen LogP contribution in [0.25, 0.3) is 0 Å². The van der Waals surface area contributed by atoms with Crippen LogP contribution in [0, 0.1) is 0 Å². The minimum absolute atomic E-state index is 0.0378. The van der Waals surface area contributed by atoms with Crippen LogP contribution in [0.1, 0.15) is 71.1 Å². The van der Waals surface area contributed by atoms with Crippen LogP contribution in [-0.4, -0.2) is 67.2 Å². The predicted molar refractivity (Wildman–Crippen MR) is 108 cm³/mol. The second-order valence-corrected chi connectivity index (χ2v) is 8.73. The number of likely N-dealkylation sites (tertiary alicyclic amines) is 1. The van der Waals surface area contributed by atoms with E-state index in [0.717, 1.165) is 0 Å². The molecule has 0 N–H and O–H groups in total. The molecule has 2 heterocycles. The van der Waals surface area contributed by atoms with E-state index in [1.165, 1.54) is 26.4 Å². The van der Waals surface area contributed by atoms with Crippen LogP contribution in [0.2, 0.25) is 0 Å². The molecular weight excluding hydrogens is 406 g/mol.